The molecule has 0 saturated heterocycles. The van der Waals surface area contributed by atoms with E-state index >= 15 is 0 Å². The Kier molecular flexibility index (Phi) is 2.69. The van der Waals surface area contributed by atoms with Gasteiger partial charge in [-0.2, -0.15) is 0 Å². The molecule has 2 nitrogen and oxygen atoms in total. The molecule has 2 aliphatic carbocycles. The number of nitrogens with zero attached hydrogens (tertiary/aromatic N) is 1. The number of hydrogen-bond acceptors (Lipinski definition) is 1. The van der Waals surface area contributed by atoms with Crippen molar-refractivity contribution in [2.24, 2.45) is 0 Å². The number of imidazole rings is 1. The molecule has 3 heteroatoms. The largest absolute Gasteiger partial charge is 0.331 e. The number of allylic oxidation sites excluding steroid dienone is 6. The average Bonchev–Trinajstić information content (AvgIpc) is 2.53. The number of H-pyrrole nitrogens is 1. The number of nitrogens with one attached hydrogen (secondary N) is 1. The molecule has 0 radical (unpaired) electrons. The van der Waals surface area contributed by atoms with Gasteiger partial charge in [-0.15, -0.1) is 0 Å². The summed E-state index contributed by atoms with van der Waals surface area (Å²) in [5.41, 5.74) is 1.16. The Hall–Kier alpha value is -1.61. The van der Waals surface area contributed by atoms with Gasteiger partial charge in [0.2, 0.25) is 0 Å². The quantitative estimate of drug-likeness (QED) is 0.749. The summed E-state index contributed by atoms with van der Waals surface area (Å²) in [6.07, 6.45) is 18.2. The molecule has 0 fully saturated rings. The molecule has 0 spiro atoms. The zero-order chi connectivity index (χ0) is 11.7. The van der Waals surface area contributed by atoms with Gasteiger partial charge in [-0.1, -0.05) is 36.5 Å². The number of rotatable bonds is 1. The second-order valence-electron chi connectivity index (χ2n) is 4.20. The summed E-state index contributed by atoms with van der Waals surface area (Å²) in [5, 5.41) is 2.37. The number of fused-ring (bicyclic) bond motifs is 1. The third-order valence-corrected chi connectivity index (χ3v) is 3.33. The van der Waals surface area contributed by atoms with Gasteiger partial charge in [-0.05, 0) is 37.6 Å². The standard InChI is InChI=1S/C14H14N2S/c17-14-15-12-9-5-6-10-13(12)16(14)11-7-3-1-2-4-8-11/h1-3,7-10H,4-6H2,(H,15,17). The summed E-state index contributed by atoms with van der Waals surface area (Å²) in [4.78, 5) is 3.28. The minimum Gasteiger partial charge on any atom is -0.331 e. The molecule has 0 unspecified atom stereocenters. The molecule has 17 heavy (non-hydrogen) atoms. The van der Waals surface area contributed by atoms with Crippen molar-refractivity contribution in [1.82, 2.24) is 9.55 Å². The fourth-order valence-electron chi connectivity index (χ4n) is 2.26. The van der Waals surface area contributed by atoms with E-state index in [-0.39, 0.29) is 0 Å². The van der Waals surface area contributed by atoms with Crippen LogP contribution >= 0.6 is 12.2 Å². The minimum absolute atomic E-state index is 0.780. The number of aromatic amines is 1. The van der Waals surface area contributed by atoms with E-state index in [1.165, 1.54) is 5.35 Å². The van der Waals surface area contributed by atoms with Crippen LogP contribution in [0.2, 0.25) is 0 Å². The van der Waals surface area contributed by atoms with Crippen molar-refractivity contribution in [1.29, 1.82) is 0 Å². The van der Waals surface area contributed by atoms with Gasteiger partial charge in [0.05, 0.1) is 10.7 Å². The van der Waals surface area contributed by atoms with Crippen LogP contribution < -0.4 is 10.7 Å². The summed E-state index contributed by atoms with van der Waals surface area (Å²) >= 11 is 5.42. The first-order chi connectivity index (χ1) is 8.36. The van der Waals surface area contributed by atoms with Gasteiger partial charge in [0.1, 0.15) is 0 Å². The topological polar surface area (TPSA) is 20.7 Å². The van der Waals surface area contributed by atoms with E-state index in [4.69, 9.17) is 12.2 Å². The Morgan fingerprint density at radius 3 is 2.94 bits per heavy atom. The van der Waals surface area contributed by atoms with Crippen LogP contribution in [0, 0.1) is 4.77 Å². The molecule has 0 atom stereocenters. The van der Waals surface area contributed by atoms with Gasteiger partial charge in [-0.3, -0.25) is 4.57 Å². The zero-order valence-corrected chi connectivity index (χ0v) is 10.3. The van der Waals surface area contributed by atoms with Crippen LogP contribution in [0.15, 0.2) is 30.4 Å². The van der Waals surface area contributed by atoms with Crippen molar-refractivity contribution in [2.75, 3.05) is 0 Å². The van der Waals surface area contributed by atoms with Crippen molar-refractivity contribution >= 4 is 30.1 Å². The monoisotopic (exact) mass is 242 g/mol. The molecule has 0 aromatic carbocycles. The molecule has 1 aromatic rings. The van der Waals surface area contributed by atoms with Crippen LogP contribution in [0.25, 0.3) is 17.8 Å². The van der Waals surface area contributed by atoms with Crippen molar-refractivity contribution < 1.29 is 0 Å². The highest BCUT2D eigenvalue weighted by Crippen LogP contribution is 2.09. The van der Waals surface area contributed by atoms with Crippen LogP contribution in [0.1, 0.15) is 19.3 Å². The average molecular weight is 242 g/mol. The van der Waals surface area contributed by atoms with Crippen LogP contribution in [-0.4, -0.2) is 9.55 Å². The summed E-state index contributed by atoms with van der Waals surface area (Å²) in [6.45, 7) is 0. The lowest BCUT2D eigenvalue weighted by Crippen LogP contribution is -2.31. The lowest BCUT2D eigenvalue weighted by atomic mass is 10.2. The first-order valence-electron chi connectivity index (χ1n) is 5.91. The van der Waals surface area contributed by atoms with Crippen LogP contribution in [0.4, 0.5) is 0 Å². The predicted octanol–water partition coefficient (Wildman–Crippen LogP) is 2.26. The summed E-state index contributed by atoms with van der Waals surface area (Å²) < 4.78 is 2.91. The van der Waals surface area contributed by atoms with Gasteiger partial charge in [0.25, 0.3) is 0 Å². The highest BCUT2D eigenvalue weighted by Gasteiger charge is 2.06. The molecule has 0 aliphatic heterocycles. The third-order valence-electron chi connectivity index (χ3n) is 3.05. The first kappa shape index (κ1) is 10.5. The van der Waals surface area contributed by atoms with E-state index < -0.39 is 0 Å². The Bertz CT molecular complexity index is 696. The third kappa shape index (κ3) is 1.87. The lowest BCUT2D eigenvalue weighted by molar-refractivity contribution is 1.01. The van der Waals surface area contributed by atoms with Crippen molar-refractivity contribution in [2.45, 2.75) is 19.3 Å². The molecule has 1 aromatic heterocycles. The Labute approximate surface area is 105 Å². The van der Waals surface area contributed by atoms with Gasteiger partial charge in [0.15, 0.2) is 4.77 Å². The van der Waals surface area contributed by atoms with Crippen LogP contribution in [-0.2, 0) is 0 Å². The predicted molar refractivity (Wildman–Crippen MR) is 74.2 cm³/mol. The van der Waals surface area contributed by atoms with Gasteiger partial charge >= 0.3 is 0 Å². The molecule has 3 rings (SSSR count). The Balaban J connectivity index is 2.26. The maximum Gasteiger partial charge on any atom is 0.182 e. The summed E-state index contributed by atoms with van der Waals surface area (Å²) in [6, 6.07) is 0. The van der Waals surface area contributed by atoms with E-state index in [0.29, 0.717) is 0 Å². The molecule has 1 heterocycles. The minimum atomic E-state index is 0.780. The molecule has 1 N–H and O–H groups in total. The maximum atomic E-state index is 5.42. The zero-order valence-electron chi connectivity index (χ0n) is 9.52. The van der Waals surface area contributed by atoms with Crippen molar-refractivity contribution in [3.8, 4) is 0 Å². The molecule has 0 saturated carbocycles. The Morgan fingerprint density at radius 2 is 2.00 bits per heavy atom. The van der Waals surface area contributed by atoms with Crippen LogP contribution in [0.3, 0.4) is 0 Å². The molecule has 0 amide bonds. The normalized spacial score (nSPS) is 17.8. The smallest absolute Gasteiger partial charge is 0.182 e. The molecular weight excluding hydrogens is 228 g/mol. The van der Waals surface area contributed by atoms with E-state index in [0.717, 1.165) is 35.1 Å². The SMILES string of the molecule is S=c1[nH]c2c(n1C1=CCC=CC=C1)=CCCC=2. The second-order valence-corrected chi connectivity index (χ2v) is 4.59. The Morgan fingerprint density at radius 1 is 1.12 bits per heavy atom. The first-order valence-corrected chi connectivity index (χ1v) is 6.32. The number of hydrogen-bond donors (Lipinski definition) is 1. The molecule has 86 valence electrons. The van der Waals surface area contributed by atoms with Crippen molar-refractivity contribution in [3.05, 3.63) is 45.8 Å². The molecular formula is C14H14N2S. The lowest BCUT2D eigenvalue weighted by Gasteiger charge is -2.04. The van der Waals surface area contributed by atoms with E-state index in [9.17, 15) is 0 Å². The van der Waals surface area contributed by atoms with Gasteiger partial charge < -0.3 is 4.98 Å². The molecule has 2 aliphatic rings. The summed E-state index contributed by atoms with van der Waals surface area (Å²) in [5.74, 6) is 0. The fraction of sp³-hybridized carbons (Fsp3) is 0.214. The summed E-state index contributed by atoms with van der Waals surface area (Å²) in [7, 11) is 0. The molecule has 0 bridgehead atoms. The highest BCUT2D eigenvalue weighted by atomic mass is 32.1. The van der Waals surface area contributed by atoms with E-state index in [1.54, 1.807) is 0 Å². The fourth-order valence-corrected chi connectivity index (χ4v) is 2.57. The number of aromatic nitrogens is 2. The van der Waals surface area contributed by atoms with Crippen molar-refractivity contribution in [3.63, 3.8) is 0 Å². The highest BCUT2D eigenvalue weighted by molar-refractivity contribution is 7.71. The van der Waals surface area contributed by atoms with E-state index in [1.807, 2.05) is 0 Å². The van der Waals surface area contributed by atoms with E-state index in [2.05, 4.69) is 52.1 Å². The second kappa shape index (κ2) is 4.34. The van der Waals surface area contributed by atoms with Crippen LogP contribution in [0.5, 0.6) is 0 Å². The van der Waals surface area contributed by atoms with Gasteiger partial charge in [-0.25, -0.2) is 0 Å². The van der Waals surface area contributed by atoms with Gasteiger partial charge in [0, 0.05) is 5.70 Å². The maximum absolute atomic E-state index is 5.42.